The van der Waals surface area contributed by atoms with Gasteiger partial charge in [0.25, 0.3) is 0 Å². The Hall–Kier alpha value is -1.50. The smallest absolute Gasteiger partial charge is 0.122 e. The lowest BCUT2D eigenvalue weighted by molar-refractivity contribution is 0.357. The monoisotopic (exact) mass is 298 g/mol. The minimum Gasteiger partial charge on any atom is -0.489 e. The van der Waals surface area contributed by atoms with Crippen LogP contribution in [0.3, 0.4) is 0 Å². The molecule has 0 atom stereocenters. The molecule has 0 unspecified atom stereocenters. The fourth-order valence-corrected chi connectivity index (χ4v) is 3.52. The van der Waals surface area contributed by atoms with Gasteiger partial charge in [0, 0.05) is 0 Å². The van der Waals surface area contributed by atoms with Gasteiger partial charge in [-0.1, -0.05) is 50.3 Å². The first-order chi connectivity index (χ1) is 10.8. The molecule has 0 bridgehead atoms. The van der Waals surface area contributed by atoms with Crippen molar-refractivity contribution in [2.45, 2.75) is 58.3 Å². The second kappa shape index (κ2) is 8.82. The van der Waals surface area contributed by atoms with Crippen LogP contribution in [0.2, 0.25) is 0 Å². The minimum absolute atomic E-state index is 0.588. The number of allylic oxidation sites excluding steroid dienone is 2. The van der Waals surface area contributed by atoms with Crippen LogP contribution in [-0.2, 0) is 6.42 Å². The van der Waals surface area contributed by atoms with Gasteiger partial charge in [0.05, 0.1) is 0 Å². The summed E-state index contributed by atoms with van der Waals surface area (Å²) in [5.41, 5.74) is 2.87. The second-order valence-electron chi connectivity index (χ2n) is 6.35. The maximum Gasteiger partial charge on any atom is 0.122 e. The fourth-order valence-electron chi connectivity index (χ4n) is 3.52. The molecule has 1 aliphatic carbocycles. The number of hydrogen-bond acceptors (Lipinski definition) is 1. The number of aryl methyl sites for hydroxylation is 1. The van der Waals surface area contributed by atoms with Crippen molar-refractivity contribution in [2.24, 2.45) is 5.92 Å². The highest BCUT2D eigenvalue weighted by atomic mass is 16.5. The van der Waals surface area contributed by atoms with Crippen LogP contribution in [0.5, 0.6) is 5.75 Å². The molecule has 0 saturated heterocycles. The van der Waals surface area contributed by atoms with Crippen LogP contribution < -0.4 is 4.74 Å². The van der Waals surface area contributed by atoms with E-state index >= 15 is 0 Å². The lowest BCUT2D eigenvalue weighted by Gasteiger charge is -2.27. The van der Waals surface area contributed by atoms with Gasteiger partial charge in [0.2, 0.25) is 0 Å². The Morgan fingerprint density at radius 1 is 1.23 bits per heavy atom. The zero-order chi connectivity index (χ0) is 15.8. The summed E-state index contributed by atoms with van der Waals surface area (Å²) in [5, 5.41) is 0. The highest BCUT2D eigenvalue weighted by molar-refractivity contribution is 5.39. The van der Waals surface area contributed by atoms with Crippen LogP contribution in [-0.4, -0.2) is 6.61 Å². The molecule has 1 nitrogen and oxygen atoms in total. The topological polar surface area (TPSA) is 9.23 Å². The van der Waals surface area contributed by atoms with Crippen LogP contribution in [0.1, 0.15) is 63.0 Å². The highest BCUT2D eigenvalue weighted by Crippen LogP contribution is 2.37. The molecule has 0 N–H and O–H groups in total. The minimum atomic E-state index is 0.588. The van der Waals surface area contributed by atoms with Gasteiger partial charge in [-0.3, -0.25) is 0 Å². The molecule has 1 aliphatic rings. The van der Waals surface area contributed by atoms with Crippen LogP contribution in [0.25, 0.3) is 0 Å². The van der Waals surface area contributed by atoms with E-state index in [9.17, 15) is 0 Å². The van der Waals surface area contributed by atoms with Gasteiger partial charge in [0.1, 0.15) is 12.4 Å². The number of rotatable bonds is 7. The van der Waals surface area contributed by atoms with E-state index < -0.39 is 0 Å². The molecular formula is C21H30O. The van der Waals surface area contributed by atoms with Gasteiger partial charge in [0.15, 0.2) is 0 Å². The standard InChI is InChI=1S/C21H30O/c1-4-7-17-9-11-18(12-10-17)19-13-14-21(22-15-6-3)20(16-19)8-5-2/h4,6-7,13-14,16-18H,3,5,8-12,15H2,1-2H3. The largest absolute Gasteiger partial charge is 0.489 e. The van der Waals surface area contributed by atoms with Crippen LogP contribution in [0.15, 0.2) is 43.0 Å². The molecule has 1 fully saturated rings. The normalized spacial score (nSPS) is 21.9. The Kier molecular flexibility index (Phi) is 6.76. The van der Waals surface area contributed by atoms with E-state index in [1.165, 1.54) is 36.8 Å². The Morgan fingerprint density at radius 2 is 2.00 bits per heavy atom. The summed E-state index contributed by atoms with van der Waals surface area (Å²) in [4.78, 5) is 0. The van der Waals surface area contributed by atoms with Crippen molar-refractivity contribution in [1.29, 1.82) is 0 Å². The van der Waals surface area contributed by atoms with Crippen molar-refractivity contribution in [3.63, 3.8) is 0 Å². The van der Waals surface area contributed by atoms with Crippen LogP contribution in [0, 0.1) is 5.92 Å². The van der Waals surface area contributed by atoms with Crippen molar-refractivity contribution in [3.8, 4) is 5.75 Å². The summed E-state index contributed by atoms with van der Waals surface area (Å²) in [6, 6.07) is 6.84. The fraction of sp³-hybridized carbons (Fsp3) is 0.524. The Labute approximate surface area is 136 Å². The zero-order valence-electron chi connectivity index (χ0n) is 14.2. The zero-order valence-corrected chi connectivity index (χ0v) is 14.2. The summed E-state index contributed by atoms with van der Waals surface area (Å²) in [6.07, 6.45) is 13.9. The molecule has 0 aliphatic heterocycles. The van der Waals surface area contributed by atoms with Gasteiger partial charge < -0.3 is 4.74 Å². The van der Waals surface area contributed by atoms with E-state index in [0.29, 0.717) is 6.61 Å². The van der Waals surface area contributed by atoms with E-state index in [1.54, 1.807) is 0 Å². The molecule has 1 aromatic rings. The van der Waals surface area contributed by atoms with Gasteiger partial charge in [-0.05, 0) is 68.1 Å². The van der Waals surface area contributed by atoms with Crippen molar-refractivity contribution >= 4 is 0 Å². The molecule has 120 valence electrons. The molecule has 1 heteroatoms. The second-order valence-corrected chi connectivity index (χ2v) is 6.35. The Morgan fingerprint density at radius 3 is 2.64 bits per heavy atom. The average molecular weight is 298 g/mol. The molecule has 1 saturated carbocycles. The van der Waals surface area contributed by atoms with Gasteiger partial charge in [-0.2, -0.15) is 0 Å². The molecule has 2 rings (SSSR count). The van der Waals surface area contributed by atoms with E-state index in [-0.39, 0.29) is 0 Å². The Balaban J connectivity index is 2.08. The number of ether oxygens (including phenoxy) is 1. The van der Waals surface area contributed by atoms with Gasteiger partial charge in [-0.15, -0.1) is 0 Å². The first-order valence-corrected chi connectivity index (χ1v) is 8.77. The summed E-state index contributed by atoms with van der Waals surface area (Å²) < 4.78 is 5.80. The van der Waals surface area contributed by atoms with Gasteiger partial charge in [-0.25, -0.2) is 0 Å². The summed E-state index contributed by atoms with van der Waals surface area (Å²) >= 11 is 0. The quantitative estimate of drug-likeness (QED) is 0.556. The maximum atomic E-state index is 5.80. The third kappa shape index (κ3) is 4.50. The van der Waals surface area contributed by atoms with Crippen molar-refractivity contribution in [2.75, 3.05) is 6.61 Å². The van der Waals surface area contributed by atoms with Crippen LogP contribution >= 0.6 is 0 Å². The molecule has 22 heavy (non-hydrogen) atoms. The van der Waals surface area contributed by atoms with Crippen molar-refractivity contribution < 1.29 is 4.74 Å². The average Bonchev–Trinajstić information content (AvgIpc) is 2.55. The summed E-state index contributed by atoms with van der Waals surface area (Å²) in [7, 11) is 0. The lowest BCUT2D eigenvalue weighted by atomic mass is 9.78. The SMILES string of the molecule is C=CCOc1ccc(C2CCC(C=CC)CC2)cc1CCC. The third-order valence-corrected chi connectivity index (χ3v) is 4.67. The van der Waals surface area contributed by atoms with Crippen molar-refractivity contribution in [1.82, 2.24) is 0 Å². The van der Waals surface area contributed by atoms with E-state index in [2.05, 4.69) is 50.8 Å². The maximum absolute atomic E-state index is 5.80. The van der Waals surface area contributed by atoms with Crippen LogP contribution in [0.4, 0.5) is 0 Å². The summed E-state index contributed by atoms with van der Waals surface area (Å²) in [5.74, 6) is 2.56. The van der Waals surface area contributed by atoms with E-state index in [0.717, 1.165) is 30.4 Å². The summed E-state index contributed by atoms with van der Waals surface area (Å²) in [6.45, 7) is 8.68. The molecule has 0 aromatic heterocycles. The molecule has 0 heterocycles. The van der Waals surface area contributed by atoms with Crippen molar-refractivity contribution in [3.05, 3.63) is 54.1 Å². The molecule has 0 spiro atoms. The highest BCUT2D eigenvalue weighted by Gasteiger charge is 2.21. The molecule has 0 amide bonds. The predicted octanol–water partition coefficient (Wildman–Crippen LogP) is 6.05. The first-order valence-electron chi connectivity index (χ1n) is 8.77. The first kappa shape index (κ1) is 16.9. The van der Waals surface area contributed by atoms with Gasteiger partial charge >= 0.3 is 0 Å². The molecular weight excluding hydrogens is 268 g/mol. The van der Waals surface area contributed by atoms with E-state index in [1.807, 2.05) is 6.08 Å². The third-order valence-electron chi connectivity index (χ3n) is 4.67. The molecule has 0 radical (unpaired) electrons. The Bertz CT molecular complexity index is 493. The molecule has 1 aromatic carbocycles. The number of benzene rings is 1. The number of hydrogen-bond donors (Lipinski definition) is 0. The van der Waals surface area contributed by atoms with E-state index in [4.69, 9.17) is 4.74 Å². The lowest BCUT2D eigenvalue weighted by Crippen LogP contribution is -2.12. The predicted molar refractivity (Wildman–Crippen MR) is 95.6 cm³/mol.